The number of nitrogens with one attached hydrogen (secondary N) is 3. The molecule has 3 atom stereocenters. The first kappa shape index (κ1) is 22.8. The van der Waals surface area contributed by atoms with Gasteiger partial charge in [-0.05, 0) is 29.3 Å². The first-order valence-electron chi connectivity index (χ1n) is 10.7. The van der Waals surface area contributed by atoms with Crippen molar-refractivity contribution >= 4 is 23.6 Å². The summed E-state index contributed by atoms with van der Waals surface area (Å²) in [4.78, 5) is 30.7. The largest absolute Gasteiger partial charge is 0.493 e. The average Bonchev–Trinajstić information content (AvgIpc) is 3.26. The number of methoxy groups -OCH3 is 2. The van der Waals surface area contributed by atoms with E-state index < -0.39 is 30.7 Å². The summed E-state index contributed by atoms with van der Waals surface area (Å²) in [6.45, 7) is -1.06. The second kappa shape index (κ2) is 12.0. The third-order valence-electron chi connectivity index (χ3n) is 4.73. The number of alkyl carbamates (subject to hydrolysis) is 1. The Morgan fingerprint density at radius 2 is 1.91 bits per heavy atom. The van der Waals surface area contributed by atoms with E-state index in [9.17, 15) is 9.59 Å². The molecule has 0 bridgehead atoms. The molecule has 2 aromatic carbocycles. The molecule has 3 rings (SSSR count). The molecule has 0 spiro atoms. The van der Waals surface area contributed by atoms with Crippen LogP contribution in [0.5, 0.6) is 11.5 Å². The maximum atomic E-state index is 12.9. The van der Waals surface area contributed by atoms with E-state index in [0.717, 1.165) is 5.56 Å². The van der Waals surface area contributed by atoms with Crippen LogP contribution in [0.15, 0.2) is 59.8 Å². The van der Waals surface area contributed by atoms with E-state index in [1.165, 1.54) is 14.2 Å². The zero-order valence-corrected chi connectivity index (χ0v) is 18.9. The standard InChI is InChI=1S/C23H26ClN3O6/c1-30-19-9-8-16(10-20(19)31-2)13-25-22(28)18(11-17-12-21(24)27-33-17)26-23(29)32-14-15-6-4-3-5-7-15/h3-10,12,17-18,27H,11,13-14H2,1-2H3,(H,25,28)(H,26,29)/t17?,18-/m0/s1/i14D/t14?,17?,18-. The smallest absolute Gasteiger partial charge is 0.408 e. The fraction of sp³-hybridized carbons (Fsp3) is 0.304. The third kappa shape index (κ3) is 7.30. The molecule has 1 aliphatic heterocycles. The van der Waals surface area contributed by atoms with Crippen molar-refractivity contribution in [2.75, 3.05) is 14.2 Å². The summed E-state index contributed by atoms with van der Waals surface area (Å²) >= 11 is 5.87. The Balaban J connectivity index is 1.64. The average molecular weight is 477 g/mol. The molecule has 2 aromatic rings. The highest BCUT2D eigenvalue weighted by molar-refractivity contribution is 6.29. The highest BCUT2D eigenvalue weighted by Gasteiger charge is 2.27. The van der Waals surface area contributed by atoms with Crippen LogP contribution in [-0.2, 0) is 27.5 Å². The van der Waals surface area contributed by atoms with Gasteiger partial charge < -0.3 is 24.8 Å². The molecule has 1 aliphatic rings. The van der Waals surface area contributed by atoms with Crippen molar-refractivity contribution in [1.82, 2.24) is 16.1 Å². The van der Waals surface area contributed by atoms with Gasteiger partial charge in [0.25, 0.3) is 0 Å². The van der Waals surface area contributed by atoms with Crippen molar-refractivity contribution in [3.05, 3.63) is 70.9 Å². The summed E-state index contributed by atoms with van der Waals surface area (Å²) in [5.74, 6) is 0.630. The highest BCUT2D eigenvalue weighted by Crippen LogP contribution is 2.27. The molecule has 2 amide bonds. The lowest BCUT2D eigenvalue weighted by molar-refractivity contribution is -0.124. The van der Waals surface area contributed by atoms with E-state index in [-0.39, 0.29) is 18.1 Å². The Hall–Kier alpha value is -3.43. The number of rotatable bonds is 10. The minimum absolute atomic E-state index is 0.0874. The molecular formula is C23H26ClN3O6. The lowest BCUT2D eigenvalue weighted by atomic mass is 10.1. The van der Waals surface area contributed by atoms with E-state index in [2.05, 4.69) is 16.1 Å². The number of carbonyl (C=O) groups excluding carboxylic acids is 2. The van der Waals surface area contributed by atoms with Crippen LogP contribution in [0.1, 0.15) is 18.9 Å². The monoisotopic (exact) mass is 476 g/mol. The van der Waals surface area contributed by atoms with Crippen molar-refractivity contribution < 1.29 is 30.0 Å². The lowest BCUT2D eigenvalue weighted by Crippen LogP contribution is -2.48. The maximum Gasteiger partial charge on any atom is 0.408 e. The van der Waals surface area contributed by atoms with Gasteiger partial charge in [0.1, 0.15) is 23.9 Å². The molecule has 0 saturated carbocycles. The summed E-state index contributed by atoms with van der Waals surface area (Å²) in [5.41, 5.74) is 3.77. The number of amides is 2. The Kier molecular flexibility index (Phi) is 8.26. The van der Waals surface area contributed by atoms with Gasteiger partial charge in [-0.15, -0.1) is 0 Å². The van der Waals surface area contributed by atoms with Gasteiger partial charge in [-0.2, -0.15) is 0 Å². The summed E-state index contributed by atoms with van der Waals surface area (Å²) < 4.78 is 23.7. The topological polar surface area (TPSA) is 107 Å². The van der Waals surface area contributed by atoms with Crippen LogP contribution in [0.4, 0.5) is 4.79 Å². The number of benzene rings is 2. The van der Waals surface area contributed by atoms with Crippen LogP contribution in [0.2, 0.25) is 0 Å². The van der Waals surface area contributed by atoms with Gasteiger partial charge in [-0.1, -0.05) is 48.0 Å². The van der Waals surface area contributed by atoms with Crippen LogP contribution in [-0.4, -0.2) is 38.4 Å². The van der Waals surface area contributed by atoms with Crippen molar-refractivity contribution in [3.63, 3.8) is 0 Å². The zero-order valence-electron chi connectivity index (χ0n) is 19.2. The van der Waals surface area contributed by atoms with Gasteiger partial charge >= 0.3 is 6.09 Å². The van der Waals surface area contributed by atoms with Gasteiger partial charge in [-0.3, -0.25) is 15.1 Å². The summed E-state index contributed by atoms with van der Waals surface area (Å²) in [5, 5.41) is 5.58. The molecule has 33 heavy (non-hydrogen) atoms. The number of hydrogen-bond donors (Lipinski definition) is 3. The fourth-order valence-corrected chi connectivity index (χ4v) is 3.26. The molecule has 10 heteroatoms. The molecular weight excluding hydrogens is 450 g/mol. The molecule has 0 saturated heterocycles. The third-order valence-corrected chi connectivity index (χ3v) is 4.94. The van der Waals surface area contributed by atoms with Crippen molar-refractivity contribution in [2.24, 2.45) is 0 Å². The molecule has 3 N–H and O–H groups in total. The highest BCUT2D eigenvalue weighted by atomic mass is 35.5. The van der Waals surface area contributed by atoms with Crippen LogP contribution >= 0.6 is 11.6 Å². The number of halogens is 1. The van der Waals surface area contributed by atoms with Crippen LogP contribution in [0.3, 0.4) is 0 Å². The van der Waals surface area contributed by atoms with E-state index in [1.807, 2.05) is 0 Å². The molecule has 0 radical (unpaired) electrons. The molecule has 2 unspecified atom stereocenters. The van der Waals surface area contributed by atoms with Crippen molar-refractivity contribution in [3.8, 4) is 11.5 Å². The predicted molar refractivity (Wildman–Crippen MR) is 122 cm³/mol. The maximum absolute atomic E-state index is 12.9. The first-order chi connectivity index (χ1) is 16.4. The summed E-state index contributed by atoms with van der Waals surface area (Å²) in [7, 11) is 3.06. The van der Waals surface area contributed by atoms with E-state index in [0.29, 0.717) is 17.1 Å². The van der Waals surface area contributed by atoms with E-state index >= 15 is 0 Å². The summed E-state index contributed by atoms with van der Waals surface area (Å²) in [6.07, 6.45) is 0.214. The number of hydrogen-bond acceptors (Lipinski definition) is 7. The number of ether oxygens (including phenoxy) is 3. The second-order valence-corrected chi connectivity index (χ2v) is 7.45. The fourth-order valence-electron chi connectivity index (χ4n) is 3.08. The van der Waals surface area contributed by atoms with Gasteiger partial charge in [0.15, 0.2) is 11.5 Å². The summed E-state index contributed by atoms with van der Waals surface area (Å²) in [6, 6.07) is 12.9. The van der Waals surface area contributed by atoms with E-state index in [1.54, 1.807) is 54.6 Å². The quantitative estimate of drug-likeness (QED) is 0.452. The van der Waals surface area contributed by atoms with Gasteiger partial charge in [-0.25, -0.2) is 4.79 Å². The van der Waals surface area contributed by atoms with Crippen molar-refractivity contribution in [2.45, 2.75) is 31.7 Å². The normalized spacial score (nSPS) is 17.0. The minimum Gasteiger partial charge on any atom is -0.493 e. The Morgan fingerprint density at radius 3 is 2.58 bits per heavy atom. The van der Waals surface area contributed by atoms with Crippen LogP contribution < -0.4 is 25.6 Å². The van der Waals surface area contributed by atoms with E-state index in [4.69, 9.17) is 32.0 Å². The van der Waals surface area contributed by atoms with Crippen LogP contribution in [0, 0.1) is 0 Å². The number of carbonyl (C=O) groups is 2. The Morgan fingerprint density at radius 1 is 1.15 bits per heavy atom. The minimum atomic E-state index is -1.24. The lowest BCUT2D eigenvalue weighted by Gasteiger charge is -2.20. The first-order valence-corrected chi connectivity index (χ1v) is 10.5. The van der Waals surface area contributed by atoms with Crippen molar-refractivity contribution in [1.29, 1.82) is 0 Å². The van der Waals surface area contributed by atoms with Gasteiger partial charge in [0.05, 0.1) is 15.6 Å². The molecule has 9 nitrogen and oxygen atoms in total. The second-order valence-electron chi connectivity index (χ2n) is 7.05. The molecule has 0 aromatic heterocycles. The molecule has 0 fully saturated rings. The Labute approximate surface area is 198 Å². The molecule has 0 aliphatic carbocycles. The predicted octanol–water partition coefficient (Wildman–Crippen LogP) is 2.99. The zero-order chi connectivity index (χ0) is 24.5. The molecule has 1 heterocycles. The van der Waals surface area contributed by atoms with Gasteiger partial charge in [0.2, 0.25) is 5.91 Å². The SMILES string of the molecule is [2H]C(OC(=O)N[C@@H](CC1C=C(Cl)NO1)C(=O)NCc1ccc(OC)c(OC)c1)c1ccccc1. The number of hydroxylamine groups is 1. The Bertz CT molecular complexity index is 1020. The van der Waals surface area contributed by atoms with Gasteiger partial charge in [0, 0.05) is 13.0 Å². The van der Waals surface area contributed by atoms with Crippen LogP contribution in [0.25, 0.3) is 0 Å². The molecule has 176 valence electrons.